The quantitative estimate of drug-likeness (QED) is 0.173. The Morgan fingerprint density at radius 3 is 1.61 bits per heavy atom. The number of hydrogen-bond acceptors (Lipinski definition) is 4. The predicted octanol–water partition coefficient (Wildman–Crippen LogP) is 15.9. The average molecular weight is 879 g/mol. The summed E-state index contributed by atoms with van der Waals surface area (Å²) in [4.78, 5) is 15.7. The van der Waals surface area contributed by atoms with Gasteiger partial charge < -0.3 is 8.98 Å². The van der Waals surface area contributed by atoms with Crippen LogP contribution in [0.1, 0.15) is 22.3 Å². The summed E-state index contributed by atoms with van der Waals surface area (Å²) in [6.07, 6.45) is 0. The Bertz CT molecular complexity index is 4200. The maximum absolute atomic E-state index is 7.03. The molecule has 0 atom stereocenters. The summed E-state index contributed by atoms with van der Waals surface area (Å²) < 4.78 is 9.49. The van der Waals surface area contributed by atoms with E-state index in [1.165, 1.54) is 55.3 Å². The first-order valence-electron chi connectivity index (χ1n) is 23.5. The Kier molecular flexibility index (Phi) is 7.93. The number of rotatable bonds is 5. The molecule has 0 unspecified atom stereocenters. The lowest BCUT2D eigenvalue weighted by atomic mass is 9.69. The van der Waals surface area contributed by atoms with E-state index >= 15 is 0 Å². The van der Waals surface area contributed by atoms with Crippen LogP contribution in [0.2, 0.25) is 0 Å². The van der Waals surface area contributed by atoms with Gasteiger partial charge in [0.25, 0.3) is 0 Å². The molecule has 5 nitrogen and oxygen atoms in total. The van der Waals surface area contributed by atoms with E-state index < -0.39 is 5.41 Å². The summed E-state index contributed by atoms with van der Waals surface area (Å²) in [6, 6.07) is 82.5. The molecule has 0 N–H and O–H groups in total. The van der Waals surface area contributed by atoms with E-state index in [0.29, 0.717) is 17.5 Å². The largest absolute Gasteiger partial charge is 0.455 e. The number of aromatic nitrogens is 4. The van der Waals surface area contributed by atoms with E-state index in [2.05, 4.69) is 193 Å². The molecule has 0 saturated carbocycles. The van der Waals surface area contributed by atoms with Crippen LogP contribution in [0.15, 0.2) is 235 Å². The predicted molar refractivity (Wildman–Crippen MR) is 279 cm³/mol. The number of benzene rings is 10. The molecule has 15 rings (SSSR count). The number of furan rings is 1. The molecular weight excluding hydrogens is 841 g/mol. The van der Waals surface area contributed by atoms with E-state index in [-0.39, 0.29) is 0 Å². The Labute approximate surface area is 397 Å². The molecule has 0 fully saturated rings. The van der Waals surface area contributed by atoms with Crippen LogP contribution in [0, 0.1) is 0 Å². The number of nitrogens with zero attached hydrogens (tertiary/aromatic N) is 4. The van der Waals surface area contributed by atoms with Gasteiger partial charge in [-0.1, -0.05) is 194 Å². The molecule has 69 heavy (non-hydrogen) atoms. The van der Waals surface area contributed by atoms with Crippen molar-refractivity contribution in [1.29, 1.82) is 0 Å². The zero-order chi connectivity index (χ0) is 45.2. The van der Waals surface area contributed by atoms with Gasteiger partial charge in [-0.05, 0) is 92.0 Å². The maximum Gasteiger partial charge on any atom is 0.167 e. The third-order valence-corrected chi connectivity index (χ3v) is 14.7. The zero-order valence-corrected chi connectivity index (χ0v) is 37.1. The molecule has 3 aromatic heterocycles. The van der Waals surface area contributed by atoms with E-state index in [0.717, 1.165) is 66.5 Å². The van der Waals surface area contributed by atoms with Crippen molar-refractivity contribution in [2.45, 2.75) is 5.41 Å². The summed E-state index contributed by atoms with van der Waals surface area (Å²) >= 11 is 0. The summed E-state index contributed by atoms with van der Waals surface area (Å²) in [7, 11) is 0. The highest BCUT2D eigenvalue weighted by Gasteiger charge is 2.52. The van der Waals surface area contributed by atoms with Gasteiger partial charge in [0.05, 0.1) is 33.1 Å². The minimum Gasteiger partial charge on any atom is -0.455 e. The zero-order valence-electron chi connectivity index (χ0n) is 37.1. The van der Waals surface area contributed by atoms with Crippen molar-refractivity contribution in [3.05, 3.63) is 253 Å². The van der Waals surface area contributed by atoms with Gasteiger partial charge in [-0.25, -0.2) is 15.0 Å². The molecule has 5 heteroatoms. The summed E-state index contributed by atoms with van der Waals surface area (Å²) in [5, 5.41) is 4.47. The van der Waals surface area contributed by atoms with Crippen LogP contribution in [0.3, 0.4) is 0 Å². The van der Waals surface area contributed by atoms with Crippen LogP contribution in [0.5, 0.6) is 0 Å². The fraction of sp³-hybridized carbons (Fsp3) is 0.0156. The lowest BCUT2D eigenvalue weighted by Crippen LogP contribution is -2.26. The number of fused-ring (bicyclic) bond motifs is 17. The van der Waals surface area contributed by atoms with Crippen molar-refractivity contribution in [1.82, 2.24) is 19.5 Å². The van der Waals surface area contributed by atoms with Gasteiger partial charge in [0.1, 0.15) is 11.2 Å². The lowest BCUT2D eigenvalue weighted by molar-refractivity contribution is 0.669. The van der Waals surface area contributed by atoms with Crippen LogP contribution in [-0.2, 0) is 5.41 Å². The molecule has 0 saturated heterocycles. The van der Waals surface area contributed by atoms with E-state index in [4.69, 9.17) is 19.4 Å². The second kappa shape index (κ2) is 14.4. The monoisotopic (exact) mass is 878 g/mol. The van der Waals surface area contributed by atoms with E-state index in [9.17, 15) is 0 Å². The Balaban J connectivity index is 1.01. The number of para-hydroxylation sites is 2. The van der Waals surface area contributed by atoms with Crippen LogP contribution < -0.4 is 0 Å². The minimum absolute atomic E-state index is 0.511. The van der Waals surface area contributed by atoms with Crippen molar-refractivity contribution in [2.75, 3.05) is 0 Å². The molecule has 0 bridgehead atoms. The van der Waals surface area contributed by atoms with Gasteiger partial charge in [-0.3, -0.25) is 0 Å². The Morgan fingerprint density at radius 2 is 0.884 bits per heavy atom. The van der Waals surface area contributed by atoms with E-state index in [1.807, 2.05) is 42.5 Å². The second-order valence-electron chi connectivity index (χ2n) is 18.2. The number of hydrogen-bond donors (Lipinski definition) is 0. The van der Waals surface area contributed by atoms with Crippen LogP contribution in [0.4, 0.5) is 0 Å². The van der Waals surface area contributed by atoms with Gasteiger partial charge in [-0.2, -0.15) is 0 Å². The maximum atomic E-state index is 7.03. The van der Waals surface area contributed by atoms with Gasteiger partial charge in [0.2, 0.25) is 0 Å². The molecule has 10 aromatic carbocycles. The first kappa shape index (κ1) is 38.0. The van der Waals surface area contributed by atoms with Crippen LogP contribution >= 0.6 is 0 Å². The van der Waals surface area contributed by atoms with Gasteiger partial charge >= 0.3 is 0 Å². The molecule has 2 aliphatic carbocycles. The normalized spacial score (nSPS) is 13.0. The topological polar surface area (TPSA) is 56.7 Å². The van der Waals surface area contributed by atoms with Gasteiger partial charge in [-0.15, -0.1) is 0 Å². The molecule has 0 amide bonds. The molecule has 3 heterocycles. The van der Waals surface area contributed by atoms with Crippen LogP contribution in [-0.4, -0.2) is 19.5 Å². The highest BCUT2D eigenvalue weighted by atomic mass is 16.3. The summed E-state index contributed by atoms with van der Waals surface area (Å²) in [5.74, 6) is 1.72. The minimum atomic E-state index is -0.511. The molecule has 2 aliphatic rings. The highest BCUT2D eigenvalue weighted by Crippen LogP contribution is 2.64. The first-order valence-corrected chi connectivity index (χ1v) is 23.5. The average Bonchev–Trinajstić information content (AvgIpc) is 4.15. The van der Waals surface area contributed by atoms with Crippen molar-refractivity contribution < 1.29 is 4.42 Å². The van der Waals surface area contributed by atoms with Crippen LogP contribution in [0.25, 0.3) is 117 Å². The molecule has 13 aromatic rings. The molecule has 0 radical (unpaired) electrons. The third-order valence-electron chi connectivity index (χ3n) is 14.7. The Hall–Kier alpha value is -9.19. The van der Waals surface area contributed by atoms with Gasteiger partial charge in [0, 0.05) is 27.3 Å². The van der Waals surface area contributed by atoms with Crippen molar-refractivity contribution in [3.63, 3.8) is 0 Å². The second-order valence-corrected chi connectivity index (χ2v) is 18.2. The third kappa shape index (κ3) is 5.27. The SMILES string of the molecule is c1ccc(-c2cccc(-c3nc(-c4ccccc4)nc(-c4ccc(-n5c6ccccc6c6c7c(ccc65)-c5ccccc5C75c6ccccc6-c6ccccc65)c5c4oc4ccccc45)n3)c2)cc1. The Morgan fingerprint density at radius 1 is 0.348 bits per heavy atom. The molecule has 320 valence electrons. The van der Waals surface area contributed by atoms with Crippen molar-refractivity contribution in [3.8, 4) is 73.2 Å². The van der Waals surface area contributed by atoms with Crippen molar-refractivity contribution >= 4 is 43.7 Å². The molecule has 1 spiro atoms. The standard InChI is InChI=1S/C64H38N4O/c1-3-18-39(19-4-1)41-22-17-23-42(38-41)62-65-61(40-20-5-2-6-21-40)66-63(67-62)49-35-37-55(58-48-28-11-16-33-56(48)69-60(49)58)68-53-32-15-10-27-47(53)57-54(68)36-34-46-45-26-9-14-31-52(45)64(59(46)57)50-29-12-7-24-43(50)44-25-8-13-30-51(44)64/h1-38H. The fourth-order valence-electron chi connectivity index (χ4n) is 11.9. The fourth-order valence-corrected chi connectivity index (χ4v) is 11.9. The van der Waals surface area contributed by atoms with Gasteiger partial charge in [0.15, 0.2) is 17.5 Å². The highest BCUT2D eigenvalue weighted by molar-refractivity contribution is 6.19. The lowest BCUT2D eigenvalue weighted by Gasteiger charge is -2.31. The van der Waals surface area contributed by atoms with Crippen molar-refractivity contribution in [2.24, 2.45) is 0 Å². The molecular formula is C64H38N4O. The smallest absolute Gasteiger partial charge is 0.167 e. The molecule has 0 aliphatic heterocycles. The first-order chi connectivity index (χ1) is 34.2. The van der Waals surface area contributed by atoms with E-state index in [1.54, 1.807) is 0 Å². The summed E-state index contributed by atoms with van der Waals surface area (Å²) in [5.41, 5.74) is 19.6. The summed E-state index contributed by atoms with van der Waals surface area (Å²) in [6.45, 7) is 0.